The molecule has 2 aliphatic rings. The van der Waals surface area contributed by atoms with Crippen LogP contribution >= 0.6 is 0 Å². The maximum Gasteiger partial charge on any atom is 0.311 e. The lowest BCUT2D eigenvalue weighted by molar-refractivity contribution is -0.140. The maximum atomic E-state index is 11.8. The Morgan fingerprint density at radius 1 is 1.00 bits per heavy atom. The van der Waals surface area contributed by atoms with Crippen molar-refractivity contribution in [3.8, 4) is 11.1 Å². The topological polar surface area (TPSA) is 73.1 Å². The van der Waals surface area contributed by atoms with Gasteiger partial charge in [-0.1, -0.05) is 59.7 Å². The predicted octanol–water partition coefficient (Wildman–Crippen LogP) is 2.00. The molecule has 2 atom stereocenters. The lowest BCUT2D eigenvalue weighted by Gasteiger charge is -2.17. The highest BCUT2D eigenvalue weighted by Gasteiger charge is 2.45. The van der Waals surface area contributed by atoms with E-state index in [4.69, 9.17) is 4.74 Å². The van der Waals surface area contributed by atoms with Crippen molar-refractivity contribution in [3.63, 3.8) is 0 Å². The van der Waals surface area contributed by atoms with E-state index in [0.29, 0.717) is 25.6 Å². The fourth-order valence-electron chi connectivity index (χ4n) is 3.90. The molecule has 3 aromatic rings. The molecule has 136 valence electrons. The standard InChI is InChI=1S/C20H19N5O2/c26-19-18-12-24(11-17(18)13-27-19)20-21-22-23-25(20)10-14-6-8-16(9-7-14)15-4-2-1-3-5-15/h1-9,17-18H,10-13H2/t17-,18-/m1/s1. The molecule has 0 spiro atoms. The fourth-order valence-corrected chi connectivity index (χ4v) is 3.90. The zero-order valence-electron chi connectivity index (χ0n) is 14.7. The van der Waals surface area contributed by atoms with Crippen LogP contribution < -0.4 is 4.90 Å². The molecule has 1 aromatic heterocycles. The quantitative estimate of drug-likeness (QED) is 0.662. The normalized spacial score (nSPS) is 21.3. The average Bonchev–Trinajstić information content (AvgIpc) is 3.41. The van der Waals surface area contributed by atoms with Crippen molar-refractivity contribution in [2.75, 3.05) is 24.6 Å². The van der Waals surface area contributed by atoms with Gasteiger partial charge in [0.25, 0.3) is 0 Å². The smallest absolute Gasteiger partial charge is 0.311 e. The van der Waals surface area contributed by atoms with Crippen LogP contribution in [0.5, 0.6) is 0 Å². The molecule has 5 rings (SSSR count). The Kier molecular flexibility index (Phi) is 3.85. The number of carbonyl (C=O) groups excluding carboxylic acids is 1. The number of nitrogens with zero attached hydrogens (tertiary/aromatic N) is 5. The van der Waals surface area contributed by atoms with E-state index in [1.807, 2.05) is 18.2 Å². The maximum absolute atomic E-state index is 11.8. The van der Waals surface area contributed by atoms with Crippen LogP contribution in [0.15, 0.2) is 54.6 Å². The molecule has 2 aromatic carbocycles. The summed E-state index contributed by atoms with van der Waals surface area (Å²) in [6.07, 6.45) is 0. The number of rotatable bonds is 4. The number of hydrogen-bond acceptors (Lipinski definition) is 6. The molecule has 7 heteroatoms. The van der Waals surface area contributed by atoms with E-state index in [1.165, 1.54) is 11.1 Å². The Labute approximate surface area is 156 Å². The van der Waals surface area contributed by atoms with Gasteiger partial charge < -0.3 is 9.64 Å². The van der Waals surface area contributed by atoms with Crippen molar-refractivity contribution in [2.45, 2.75) is 6.54 Å². The zero-order valence-corrected chi connectivity index (χ0v) is 14.7. The van der Waals surface area contributed by atoms with Gasteiger partial charge in [0.05, 0.1) is 19.1 Å². The summed E-state index contributed by atoms with van der Waals surface area (Å²) in [7, 11) is 0. The first kappa shape index (κ1) is 16.0. The molecule has 2 fully saturated rings. The minimum absolute atomic E-state index is 0.0553. The number of tetrazole rings is 1. The Balaban J connectivity index is 1.32. The molecule has 0 radical (unpaired) electrons. The number of esters is 1. The highest BCUT2D eigenvalue weighted by atomic mass is 16.5. The molecule has 0 N–H and O–H groups in total. The van der Waals surface area contributed by atoms with Gasteiger partial charge in [-0.3, -0.25) is 4.79 Å². The Morgan fingerprint density at radius 3 is 2.56 bits per heavy atom. The first-order valence-electron chi connectivity index (χ1n) is 9.10. The largest absolute Gasteiger partial charge is 0.465 e. The average molecular weight is 361 g/mol. The van der Waals surface area contributed by atoms with Crippen molar-refractivity contribution in [1.82, 2.24) is 20.2 Å². The second-order valence-electron chi connectivity index (χ2n) is 7.10. The summed E-state index contributed by atoms with van der Waals surface area (Å²) in [5.74, 6) is 0.801. The molecule has 0 aliphatic carbocycles. The van der Waals surface area contributed by atoms with E-state index in [1.54, 1.807) is 4.68 Å². The number of cyclic esters (lactones) is 1. The van der Waals surface area contributed by atoms with Crippen LogP contribution in [0.1, 0.15) is 5.56 Å². The van der Waals surface area contributed by atoms with Gasteiger partial charge in [0.15, 0.2) is 0 Å². The molecule has 0 unspecified atom stereocenters. The molecule has 27 heavy (non-hydrogen) atoms. The molecule has 7 nitrogen and oxygen atoms in total. The van der Waals surface area contributed by atoms with Gasteiger partial charge in [-0.25, -0.2) is 4.68 Å². The summed E-state index contributed by atoms with van der Waals surface area (Å²) < 4.78 is 6.93. The van der Waals surface area contributed by atoms with Crippen LogP contribution in [-0.4, -0.2) is 45.9 Å². The summed E-state index contributed by atoms with van der Waals surface area (Å²) in [5.41, 5.74) is 3.51. The number of aromatic nitrogens is 4. The summed E-state index contributed by atoms with van der Waals surface area (Å²) >= 11 is 0. The zero-order chi connectivity index (χ0) is 18.2. The molecule has 2 saturated heterocycles. The van der Waals surface area contributed by atoms with E-state index in [0.717, 1.165) is 12.1 Å². The lowest BCUT2D eigenvalue weighted by atomic mass is 10.0. The lowest BCUT2D eigenvalue weighted by Crippen LogP contribution is -2.27. The van der Waals surface area contributed by atoms with Crippen LogP contribution in [0.4, 0.5) is 5.95 Å². The van der Waals surface area contributed by atoms with Crippen molar-refractivity contribution in [2.24, 2.45) is 11.8 Å². The molecule has 3 heterocycles. The summed E-state index contributed by atoms with van der Waals surface area (Å²) in [5, 5.41) is 12.2. The molecule has 0 bridgehead atoms. The number of hydrogen-bond donors (Lipinski definition) is 0. The third-order valence-corrected chi connectivity index (χ3v) is 5.37. The van der Waals surface area contributed by atoms with E-state index in [2.05, 4.69) is 56.8 Å². The first-order valence-corrected chi connectivity index (χ1v) is 9.10. The van der Waals surface area contributed by atoms with E-state index in [9.17, 15) is 4.79 Å². The third-order valence-electron chi connectivity index (χ3n) is 5.37. The summed E-state index contributed by atoms with van der Waals surface area (Å²) in [6, 6.07) is 18.7. The minimum atomic E-state index is -0.0991. The summed E-state index contributed by atoms with van der Waals surface area (Å²) in [4.78, 5) is 13.9. The highest BCUT2D eigenvalue weighted by molar-refractivity contribution is 5.76. The molecule has 0 amide bonds. The van der Waals surface area contributed by atoms with Crippen molar-refractivity contribution >= 4 is 11.9 Å². The monoisotopic (exact) mass is 361 g/mol. The number of benzene rings is 2. The van der Waals surface area contributed by atoms with Crippen LogP contribution in [0.3, 0.4) is 0 Å². The molecular weight excluding hydrogens is 342 g/mol. The van der Waals surface area contributed by atoms with Crippen LogP contribution in [-0.2, 0) is 16.1 Å². The minimum Gasteiger partial charge on any atom is -0.465 e. The van der Waals surface area contributed by atoms with Crippen LogP contribution in [0, 0.1) is 11.8 Å². The molecular formula is C20H19N5O2. The van der Waals surface area contributed by atoms with Crippen molar-refractivity contribution in [3.05, 3.63) is 60.2 Å². The van der Waals surface area contributed by atoms with E-state index < -0.39 is 0 Å². The van der Waals surface area contributed by atoms with Crippen LogP contribution in [0.2, 0.25) is 0 Å². The van der Waals surface area contributed by atoms with Crippen molar-refractivity contribution < 1.29 is 9.53 Å². The Morgan fingerprint density at radius 2 is 1.78 bits per heavy atom. The van der Waals surface area contributed by atoms with Gasteiger partial charge in [0.2, 0.25) is 5.95 Å². The van der Waals surface area contributed by atoms with Gasteiger partial charge in [0, 0.05) is 19.0 Å². The van der Waals surface area contributed by atoms with E-state index in [-0.39, 0.29) is 17.8 Å². The second-order valence-corrected chi connectivity index (χ2v) is 7.10. The van der Waals surface area contributed by atoms with Crippen LogP contribution in [0.25, 0.3) is 11.1 Å². The number of fused-ring (bicyclic) bond motifs is 1. The fraction of sp³-hybridized carbons (Fsp3) is 0.300. The number of carbonyl (C=O) groups is 1. The van der Waals surface area contributed by atoms with Gasteiger partial charge in [-0.05, 0) is 27.1 Å². The third kappa shape index (κ3) is 2.95. The van der Waals surface area contributed by atoms with Gasteiger partial charge in [-0.15, -0.1) is 0 Å². The van der Waals surface area contributed by atoms with Gasteiger partial charge in [0.1, 0.15) is 0 Å². The Hall–Kier alpha value is -3.22. The molecule has 0 saturated carbocycles. The predicted molar refractivity (Wildman–Crippen MR) is 98.9 cm³/mol. The van der Waals surface area contributed by atoms with Gasteiger partial charge in [-0.2, -0.15) is 0 Å². The number of ether oxygens (including phenoxy) is 1. The molecule has 2 aliphatic heterocycles. The first-order chi connectivity index (χ1) is 13.3. The number of anilines is 1. The van der Waals surface area contributed by atoms with Gasteiger partial charge >= 0.3 is 5.97 Å². The summed E-state index contributed by atoms with van der Waals surface area (Å²) in [6.45, 7) is 2.47. The second kappa shape index (κ2) is 6.50. The van der Waals surface area contributed by atoms with Crippen molar-refractivity contribution in [1.29, 1.82) is 0 Å². The Bertz CT molecular complexity index is 954. The van der Waals surface area contributed by atoms with E-state index >= 15 is 0 Å². The SMILES string of the molecule is O=C1OC[C@H]2CN(c3nnnn3Cc3ccc(-c4ccccc4)cc3)C[C@@H]12. The highest BCUT2D eigenvalue weighted by Crippen LogP contribution is 2.32.